The number of hydrogen-bond acceptors (Lipinski definition) is 4. The van der Waals surface area contributed by atoms with E-state index in [0.717, 1.165) is 30.6 Å². The van der Waals surface area contributed by atoms with Crippen molar-refractivity contribution in [2.24, 2.45) is 0 Å². The zero-order chi connectivity index (χ0) is 15.1. The van der Waals surface area contributed by atoms with E-state index >= 15 is 0 Å². The summed E-state index contributed by atoms with van der Waals surface area (Å²) in [6.07, 6.45) is 2.51. The summed E-state index contributed by atoms with van der Waals surface area (Å²) >= 11 is 0. The molecule has 1 aromatic carbocycles. The van der Waals surface area contributed by atoms with Crippen molar-refractivity contribution in [3.63, 3.8) is 0 Å². The van der Waals surface area contributed by atoms with Crippen LogP contribution in [-0.4, -0.2) is 37.9 Å². The third kappa shape index (κ3) is 3.05. The minimum Gasteiger partial charge on any atom is -0.385 e. The van der Waals surface area contributed by atoms with E-state index in [1.54, 1.807) is 13.0 Å². The summed E-state index contributed by atoms with van der Waals surface area (Å²) in [4.78, 5) is 12.4. The number of amides is 1. The fourth-order valence-electron chi connectivity index (χ4n) is 3.07. The number of carbonyl (C=O) groups excluding carboxylic acids is 1. The molecule has 1 saturated heterocycles. The van der Waals surface area contributed by atoms with Gasteiger partial charge in [0.05, 0.1) is 17.0 Å². The maximum absolute atomic E-state index is 12.4. The lowest BCUT2D eigenvalue weighted by molar-refractivity contribution is 0.0915. The van der Waals surface area contributed by atoms with Crippen LogP contribution in [0.3, 0.4) is 0 Å². The highest BCUT2D eigenvalue weighted by molar-refractivity contribution is 7.91. The van der Waals surface area contributed by atoms with Gasteiger partial charge in [0, 0.05) is 17.8 Å². The molecular weight excluding hydrogens is 288 g/mol. The molecule has 1 unspecified atom stereocenters. The first kappa shape index (κ1) is 14.4. The van der Waals surface area contributed by atoms with Gasteiger partial charge in [-0.3, -0.25) is 4.79 Å². The maximum atomic E-state index is 12.4. The number of benzene rings is 1. The van der Waals surface area contributed by atoms with Gasteiger partial charge in [0.2, 0.25) is 0 Å². The fraction of sp³-hybridized carbons (Fsp3) is 0.533. The lowest BCUT2D eigenvalue weighted by atomic mass is 9.98. The maximum Gasteiger partial charge on any atom is 0.251 e. The molecule has 6 heteroatoms. The van der Waals surface area contributed by atoms with Crippen molar-refractivity contribution < 1.29 is 13.2 Å². The van der Waals surface area contributed by atoms with Crippen molar-refractivity contribution in [3.8, 4) is 0 Å². The summed E-state index contributed by atoms with van der Waals surface area (Å²) in [6.45, 7) is 2.77. The van der Waals surface area contributed by atoms with Crippen LogP contribution in [0, 0.1) is 0 Å². The van der Waals surface area contributed by atoms with Gasteiger partial charge in [-0.1, -0.05) is 0 Å². The molecule has 1 fully saturated rings. The molecule has 1 amide bonds. The second-order valence-electron chi connectivity index (χ2n) is 6.26. The lowest BCUT2D eigenvalue weighted by Gasteiger charge is -2.24. The third-order valence-electron chi connectivity index (χ3n) is 4.22. The SMILES string of the molecule is CC1(NC(=O)c2ccc3c(c2)CCCN3)CCS(=O)(=O)C1. The molecule has 1 atom stereocenters. The van der Waals surface area contributed by atoms with E-state index in [0.29, 0.717) is 12.0 Å². The number of nitrogens with one attached hydrogen (secondary N) is 2. The van der Waals surface area contributed by atoms with E-state index in [1.165, 1.54) is 0 Å². The summed E-state index contributed by atoms with van der Waals surface area (Å²) in [6, 6.07) is 5.63. The molecule has 0 aliphatic carbocycles. The summed E-state index contributed by atoms with van der Waals surface area (Å²) in [7, 11) is -3.02. The highest BCUT2D eigenvalue weighted by Gasteiger charge is 2.39. The smallest absolute Gasteiger partial charge is 0.251 e. The van der Waals surface area contributed by atoms with Crippen molar-refractivity contribution in [1.82, 2.24) is 5.32 Å². The number of sulfone groups is 1. The van der Waals surface area contributed by atoms with E-state index in [9.17, 15) is 13.2 Å². The van der Waals surface area contributed by atoms with Gasteiger partial charge in [-0.15, -0.1) is 0 Å². The van der Waals surface area contributed by atoms with E-state index in [2.05, 4.69) is 10.6 Å². The standard InChI is InChI=1S/C15H20N2O3S/c1-15(6-8-21(19,20)10-15)17-14(18)12-4-5-13-11(9-12)3-2-7-16-13/h4-5,9,16H,2-3,6-8,10H2,1H3,(H,17,18). The molecule has 5 nitrogen and oxygen atoms in total. The Hall–Kier alpha value is -1.56. The number of fused-ring (bicyclic) bond motifs is 1. The monoisotopic (exact) mass is 308 g/mol. The Labute approximate surface area is 125 Å². The summed E-state index contributed by atoms with van der Waals surface area (Å²) in [5.74, 6) is -0.0150. The molecule has 3 rings (SSSR count). The van der Waals surface area contributed by atoms with E-state index in [4.69, 9.17) is 0 Å². The fourth-order valence-corrected chi connectivity index (χ4v) is 5.16. The molecule has 0 radical (unpaired) electrons. The Morgan fingerprint density at radius 3 is 2.90 bits per heavy atom. The van der Waals surface area contributed by atoms with Crippen molar-refractivity contribution in [1.29, 1.82) is 0 Å². The average molecular weight is 308 g/mol. The van der Waals surface area contributed by atoms with Gasteiger partial charge < -0.3 is 10.6 Å². The first-order valence-electron chi connectivity index (χ1n) is 7.27. The second-order valence-corrected chi connectivity index (χ2v) is 8.44. The molecule has 2 N–H and O–H groups in total. The predicted molar refractivity (Wildman–Crippen MR) is 82.4 cm³/mol. The Morgan fingerprint density at radius 1 is 1.38 bits per heavy atom. The zero-order valence-corrected chi connectivity index (χ0v) is 12.9. The third-order valence-corrected chi connectivity index (χ3v) is 6.13. The van der Waals surface area contributed by atoms with Crippen LogP contribution >= 0.6 is 0 Å². The van der Waals surface area contributed by atoms with Gasteiger partial charge in [-0.05, 0) is 49.9 Å². The minimum atomic E-state index is -3.02. The molecule has 1 aromatic rings. The molecule has 2 aliphatic heterocycles. The van der Waals surface area contributed by atoms with Gasteiger partial charge in [-0.2, -0.15) is 0 Å². The number of rotatable bonds is 2. The topological polar surface area (TPSA) is 75.3 Å². The molecule has 114 valence electrons. The lowest BCUT2D eigenvalue weighted by Crippen LogP contribution is -2.46. The number of carbonyl (C=O) groups is 1. The summed E-state index contributed by atoms with van der Waals surface area (Å²) in [5, 5.41) is 6.20. The Balaban J connectivity index is 1.77. The number of anilines is 1. The first-order chi connectivity index (χ1) is 9.87. The van der Waals surface area contributed by atoms with Crippen LogP contribution in [0.2, 0.25) is 0 Å². The Bertz CT molecular complexity index is 684. The van der Waals surface area contributed by atoms with Crippen molar-refractivity contribution in [3.05, 3.63) is 29.3 Å². The summed E-state index contributed by atoms with van der Waals surface area (Å²) < 4.78 is 23.2. The second kappa shape index (κ2) is 5.02. The molecular formula is C15H20N2O3S. The molecule has 0 saturated carbocycles. The quantitative estimate of drug-likeness (QED) is 0.865. The van der Waals surface area contributed by atoms with Gasteiger partial charge in [0.1, 0.15) is 0 Å². The van der Waals surface area contributed by atoms with E-state index in [-0.39, 0.29) is 17.4 Å². The van der Waals surface area contributed by atoms with Crippen LogP contribution < -0.4 is 10.6 Å². The number of aryl methyl sites for hydroxylation is 1. The van der Waals surface area contributed by atoms with Crippen molar-refractivity contribution >= 4 is 21.4 Å². The highest BCUT2D eigenvalue weighted by atomic mass is 32.2. The normalized spacial score (nSPS) is 26.7. The molecule has 21 heavy (non-hydrogen) atoms. The molecule has 2 heterocycles. The van der Waals surface area contributed by atoms with Crippen LogP contribution in [0.15, 0.2) is 18.2 Å². The summed E-state index contributed by atoms with van der Waals surface area (Å²) in [5.41, 5.74) is 2.19. The Kier molecular flexibility index (Phi) is 3.43. The molecule has 2 aliphatic rings. The largest absolute Gasteiger partial charge is 0.385 e. The van der Waals surface area contributed by atoms with Crippen molar-refractivity contribution in [2.75, 3.05) is 23.4 Å². The first-order valence-corrected chi connectivity index (χ1v) is 9.09. The van der Waals surface area contributed by atoms with Crippen LogP contribution in [0.5, 0.6) is 0 Å². The van der Waals surface area contributed by atoms with Crippen molar-refractivity contribution in [2.45, 2.75) is 31.7 Å². The predicted octanol–water partition coefficient (Wildman–Crippen LogP) is 1.35. The zero-order valence-electron chi connectivity index (χ0n) is 12.1. The molecule has 0 bridgehead atoms. The van der Waals surface area contributed by atoms with Crippen LogP contribution in [0.1, 0.15) is 35.7 Å². The van der Waals surface area contributed by atoms with Crippen LogP contribution in [-0.2, 0) is 16.3 Å². The van der Waals surface area contributed by atoms with Gasteiger partial charge in [0.25, 0.3) is 5.91 Å². The number of hydrogen-bond donors (Lipinski definition) is 2. The van der Waals surface area contributed by atoms with Gasteiger partial charge in [0.15, 0.2) is 9.84 Å². The van der Waals surface area contributed by atoms with Gasteiger partial charge in [-0.25, -0.2) is 8.42 Å². The molecule has 0 spiro atoms. The van der Waals surface area contributed by atoms with Crippen LogP contribution in [0.25, 0.3) is 0 Å². The highest BCUT2D eigenvalue weighted by Crippen LogP contribution is 2.25. The Morgan fingerprint density at radius 2 is 2.19 bits per heavy atom. The van der Waals surface area contributed by atoms with Crippen LogP contribution in [0.4, 0.5) is 5.69 Å². The van der Waals surface area contributed by atoms with E-state index < -0.39 is 15.4 Å². The molecule has 0 aromatic heterocycles. The minimum absolute atomic E-state index is 0.0260. The van der Waals surface area contributed by atoms with Gasteiger partial charge >= 0.3 is 0 Å². The van der Waals surface area contributed by atoms with E-state index in [1.807, 2.05) is 12.1 Å². The average Bonchev–Trinajstić information content (AvgIpc) is 2.71.